The van der Waals surface area contributed by atoms with Gasteiger partial charge in [0.2, 0.25) is 0 Å². The first kappa shape index (κ1) is 116. The van der Waals surface area contributed by atoms with Gasteiger partial charge in [0.05, 0.1) is 52.9 Å². The fraction of sp³-hybridized carbons (Fsp3) is 0.183. The number of carbonyl (C=O) groups excluding carboxylic acids is 3. The van der Waals surface area contributed by atoms with Gasteiger partial charge < -0.3 is 48.1 Å². The van der Waals surface area contributed by atoms with Crippen LogP contribution in [0.3, 0.4) is 0 Å². The molecule has 0 aliphatic carbocycles. The molecule has 1 aliphatic heterocycles. The van der Waals surface area contributed by atoms with Crippen molar-refractivity contribution < 1.29 is 62.5 Å². The van der Waals surface area contributed by atoms with Crippen LogP contribution in [-0.4, -0.2) is 85.9 Å². The molecule has 1 aliphatic rings. The van der Waals surface area contributed by atoms with E-state index in [9.17, 15) is 19.5 Å². The van der Waals surface area contributed by atoms with Crippen molar-refractivity contribution in [3.63, 3.8) is 0 Å². The molecule has 13 nitrogen and oxygen atoms in total. The van der Waals surface area contributed by atoms with Gasteiger partial charge in [-0.2, -0.15) is 0 Å². The number of hydrogen-bond donors (Lipinski definition) is 2. The number of aldehydes is 3. The van der Waals surface area contributed by atoms with Crippen LogP contribution in [0.25, 0.3) is 0 Å². The lowest BCUT2D eigenvalue weighted by Crippen LogP contribution is -2.08. The molecule has 5 atom stereocenters. The van der Waals surface area contributed by atoms with Crippen molar-refractivity contribution in [3.05, 3.63) is 95.1 Å². The summed E-state index contributed by atoms with van der Waals surface area (Å²) < 4.78 is 43.3. The SMILES string of the molecule is C#CC#CC#CC#CC#CC#CC#CC#CC#CC#CC#CC#CC#CC#CC.C#CC#CC#CC#CC#CC#CC#CC#CC#CC#CC#CC#CC#CC#CC#C.CC(C)I.CC(C)Oc1cc(C=O)ccc1O.COc1ccc(C2OCCO2)cc1OC(C)C.COc1ccc(C=O)cc1O.COc1ccc(C=O)cc1OC(C)C.PP(P)P(P)P(P)P. The number of rotatable bonds is 15. The number of methoxy groups -OCH3 is 3. The fourth-order valence-corrected chi connectivity index (χ4v) is 35.2. The molecular formula is C104H75IO13P8. The number of aromatic hydroxyl groups is 2. The molecule has 0 spiro atoms. The third-order valence-corrected chi connectivity index (χ3v) is 48.7. The number of halogens is 1. The topological polar surface area (TPSA) is 166 Å². The summed E-state index contributed by atoms with van der Waals surface area (Å²) in [4.78, 5) is 31.2. The highest BCUT2D eigenvalue weighted by molar-refractivity contribution is 14.1. The molecule has 0 saturated carbocycles. The van der Waals surface area contributed by atoms with Gasteiger partial charge >= 0.3 is 0 Å². The van der Waals surface area contributed by atoms with Gasteiger partial charge in [-0.05, 0) is 326 Å². The fourth-order valence-electron chi connectivity index (χ4n) is 6.34. The van der Waals surface area contributed by atoms with Gasteiger partial charge in [-0.1, -0.05) is 48.4 Å². The number of phenols is 2. The smallest absolute Gasteiger partial charge is 0.184 e. The van der Waals surface area contributed by atoms with Crippen molar-refractivity contribution in [3.8, 4) is 391 Å². The summed E-state index contributed by atoms with van der Waals surface area (Å²) >= 11 is 2.34. The van der Waals surface area contributed by atoms with E-state index in [1.165, 1.54) is 31.4 Å². The van der Waals surface area contributed by atoms with Crippen LogP contribution >= 0.6 is 88.2 Å². The molecule has 5 rings (SSSR count). The van der Waals surface area contributed by atoms with Gasteiger partial charge in [-0.25, -0.2) is 0 Å². The lowest BCUT2D eigenvalue weighted by atomic mass is 10.2. The van der Waals surface area contributed by atoms with Crippen LogP contribution in [0.5, 0.6) is 46.0 Å². The number of phenolic OH excluding ortho intramolecular Hbond substituents is 2. The minimum absolute atomic E-state index is 0.0166. The van der Waals surface area contributed by atoms with E-state index in [1.54, 1.807) is 51.5 Å². The molecule has 1 saturated heterocycles. The zero-order valence-electron chi connectivity index (χ0n) is 70.2. The van der Waals surface area contributed by atoms with Crippen LogP contribution < -0.4 is 28.4 Å². The Morgan fingerprint density at radius 3 is 0.810 bits per heavy atom. The summed E-state index contributed by atoms with van der Waals surface area (Å²) in [6.07, 6.45) is 16.8. The molecule has 4 aromatic rings. The van der Waals surface area contributed by atoms with Crippen molar-refractivity contribution in [2.24, 2.45) is 0 Å². The Kier molecular flexibility index (Phi) is 77.4. The number of hydrogen-bond acceptors (Lipinski definition) is 13. The molecule has 22 heteroatoms. The van der Waals surface area contributed by atoms with Crippen LogP contribution in [0.4, 0.5) is 0 Å². The first-order chi connectivity index (χ1) is 60.9. The van der Waals surface area contributed by atoms with Gasteiger partial charge in [-0.15, -0.1) is 63.9 Å². The Balaban J connectivity index is -0.00000145. The van der Waals surface area contributed by atoms with E-state index in [0.29, 0.717) is 65.5 Å². The van der Waals surface area contributed by atoms with E-state index < -0.39 is 0 Å². The lowest BCUT2D eigenvalue weighted by molar-refractivity contribution is -0.0443. The summed E-state index contributed by atoms with van der Waals surface area (Å²) in [5, 5.41) is 18.5. The monoisotopic (exact) mass is 1910 g/mol. The molecule has 0 radical (unpaired) electrons. The molecule has 0 bridgehead atoms. The number of ether oxygens (including phenoxy) is 8. The van der Waals surface area contributed by atoms with E-state index in [-0.39, 0.29) is 57.1 Å². The number of benzene rings is 4. The Morgan fingerprint density at radius 1 is 0.341 bits per heavy atom. The van der Waals surface area contributed by atoms with Gasteiger partial charge in [-0.3, -0.25) is 14.4 Å². The predicted octanol–water partition coefficient (Wildman–Crippen LogP) is 15.1. The maximum atomic E-state index is 10.5. The number of alkyl halides is 1. The van der Waals surface area contributed by atoms with Crippen LogP contribution in [0, 0.1) is 345 Å². The summed E-state index contributed by atoms with van der Waals surface area (Å²) in [5.41, 5.74) is 2.47. The van der Waals surface area contributed by atoms with Crippen LogP contribution in [-0.2, 0) is 9.47 Å². The average Bonchev–Trinajstić information content (AvgIpc) is 1.57. The summed E-state index contributed by atoms with van der Waals surface area (Å²) in [6, 6.07) is 19.8. The Hall–Kier alpha value is -14.4. The standard InChI is InChI=1S/C30H2.C29H4.C13H18O4.C11H14O3.C10H12O3.C8H8O3.C3H7I.H10P8/c1-3-5-7-9-11-13-15-17-19-21-23-25-27-29-30-28-26-24-22-20-18-16-14-12-10-8-6-4-2;1-3-5-7-9-11-13-15-17-19-21-23-25-27-29-28-26-24-22-20-18-16-14-12-10-8-6-4-2;1-9(2)17-12-8-10(4-5-11(12)14-3)13-15-6-7-16-13;1-8(2)14-11-6-9(7-12)4-5-10(11)13-3;1-7(2)13-10-5-8(6-11)3-4-9(10)12;1-11-8-3-2-6(5-9)4-7(8)10;1-3(2)4;1-6(2)8(5)7(3)4/h1-2H;1H,2H3;4-5,8-9,13H,6-7H2,1-3H3;4-8H,1-3H3;3-7,12H,1-2H3;2-5,10H,1H3;3H,1-2H3;1-5H2. The number of carbonyl (C=O) groups is 3. The quantitative estimate of drug-likeness (QED) is 0.0380. The maximum Gasteiger partial charge on any atom is 0.184 e. The highest BCUT2D eigenvalue weighted by Crippen LogP contribution is 3.00. The molecule has 1 fully saturated rings. The average molecular weight is 1910 g/mol. The van der Waals surface area contributed by atoms with Crippen molar-refractivity contribution in [1.29, 1.82) is 0 Å². The molecule has 1 heterocycles. The van der Waals surface area contributed by atoms with Crippen LogP contribution in [0.15, 0.2) is 72.8 Å². The second-order valence-corrected chi connectivity index (χ2v) is 52.1. The van der Waals surface area contributed by atoms with Crippen molar-refractivity contribution in [1.82, 2.24) is 0 Å². The second-order valence-electron chi connectivity index (χ2n) is 21.6. The van der Waals surface area contributed by atoms with Crippen molar-refractivity contribution in [2.45, 2.75) is 90.8 Å². The minimum Gasteiger partial charge on any atom is -0.504 e. The normalized spacial score (nSPS) is 8.02. The van der Waals surface area contributed by atoms with Gasteiger partial charge in [0.15, 0.2) is 52.3 Å². The van der Waals surface area contributed by atoms with E-state index >= 15 is 0 Å². The first-order valence-electron chi connectivity index (χ1n) is 35.1. The van der Waals surface area contributed by atoms with Gasteiger partial charge in [0, 0.05) is 156 Å². The second kappa shape index (κ2) is 84.2. The molecule has 616 valence electrons. The summed E-state index contributed by atoms with van der Waals surface area (Å²) in [6.45, 7) is 19.3. The van der Waals surface area contributed by atoms with Crippen LogP contribution in [0.1, 0.15) is 105 Å². The Bertz CT molecular complexity index is 6270. The van der Waals surface area contributed by atoms with Gasteiger partial charge in [0.25, 0.3) is 0 Å². The Morgan fingerprint density at radius 2 is 0.571 bits per heavy atom. The zero-order chi connectivity index (χ0) is 94.1. The largest absolute Gasteiger partial charge is 0.504 e. The molecular weight excluding hydrogens is 1830 g/mol. The molecule has 126 heavy (non-hydrogen) atoms. The Labute approximate surface area is 774 Å². The van der Waals surface area contributed by atoms with E-state index in [2.05, 4.69) is 407 Å². The zero-order valence-corrected chi connectivity index (χ0v) is 80.8. The summed E-state index contributed by atoms with van der Waals surface area (Å²) in [7, 11) is 19.1. The minimum atomic E-state index is -0.282. The lowest BCUT2D eigenvalue weighted by Gasteiger charge is -2.18. The van der Waals surface area contributed by atoms with E-state index in [4.69, 9.17) is 62.3 Å². The predicted molar refractivity (Wildman–Crippen MR) is 540 cm³/mol. The highest BCUT2D eigenvalue weighted by Gasteiger charge is 2.20. The molecule has 0 amide bonds. The third kappa shape index (κ3) is 72.4. The molecule has 4 aromatic carbocycles. The van der Waals surface area contributed by atoms with Gasteiger partial charge in [0.1, 0.15) is 18.9 Å². The summed E-state index contributed by atoms with van der Waals surface area (Å²) in [5.74, 6) is 139. The third-order valence-electron chi connectivity index (χ3n) is 10.8. The number of terminal acetylenes is 3. The van der Waals surface area contributed by atoms with Crippen LogP contribution in [0.2, 0.25) is 0 Å². The maximum absolute atomic E-state index is 10.5. The molecule has 0 aromatic heterocycles. The highest BCUT2D eigenvalue weighted by atomic mass is 127. The molecule has 5 unspecified atom stereocenters. The first-order valence-corrected chi connectivity index (χ1v) is 49.9. The van der Waals surface area contributed by atoms with E-state index in [0.717, 1.165) is 27.3 Å². The molecule has 2 N–H and O–H groups in total. The van der Waals surface area contributed by atoms with E-state index in [1.807, 2.05) is 59.7 Å². The van der Waals surface area contributed by atoms with Crippen molar-refractivity contribution >= 4 is 107 Å². The van der Waals surface area contributed by atoms with Crippen molar-refractivity contribution in [2.75, 3.05) is 34.5 Å².